The Kier molecular flexibility index (Phi) is 2.28. The van der Waals surface area contributed by atoms with Crippen LogP contribution in [0, 0.1) is 0 Å². The van der Waals surface area contributed by atoms with Gasteiger partial charge in [-0.15, -0.1) is 0 Å². The van der Waals surface area contributed by atoms with Crippen LogP contribution in [0.5, 0.6) is 0 Å². The molecule has 2 aromatic rings. The Balaban J connectivity index is 2.81. The van der Waals surface area contributed by atoms with Gasteiger partial charge in [-0.3, -0.25) is 9.78 Å². The molecule has 2 rings (SSSR count). The number of halogens is 1. The van der Waals surface area contributed by atoms with Crippen LogP contribution in [0.15, 0.2) is 22.9 Å². The summed E-state index contributed by atoms with van der Waals surface area (Å²) in [6.07, 6.45) is 2.94. The Morgan fingerprint density at radius 1 is 1.33 bits per heavy atom. The average Bonchev–Trinajstić information content (AvgIpc) is 2.23. The van der Waals surface area contributed by atoms with Crippen LogP contribution in [0.4, 0.5) is 5.82 Å². The lowest BCUT2D eigenvalue weighted by Crippen LogP contribution is -2.11. The zero-order valence-corrected chi connectivity index (χ0v) is 9.15. The lowest BCUT2D eigenvalue weighted by molar-refractivity contribution is 0.1000. The number of carbonyl (C=O) groups is 1. The third kappa shape index (κ3) is 1.63. The number of nitrogen functional groups attached to an aromatic ring is 1. The van der Waals surface area contributed by atoms with Crippen molar-refractivity contribution < 1.29 is 4.79 Å². The van der Waals surface area contributed by atoms with Crippen molar-refractivity contribution in [1.29, 1.82) is 0 Å². The van der Waals surface area contributed by atoms with Gasteiger partial charge in [-0.05, 0) is 22.0 Å². The third-order valence-electron chi connectivity index (χ3n) is 1.99. The smallest absolute Gasteiger partial charge is 0.250 e. The number of rotatable bonds is 1. The maximum atomic E-state index is 11.0. The molecule has 15 heavy (non-hydrogen) atoms. The Labute approximate surface area is 93.6 Å². The zero-order chi connectivity index (χ0) is 11.0. The first-order valence-corrected chi connectivity index (χ1v) is 4.88. The predicted molar refractivity (Wildman–Crippen MR) is 60.2 cm³/mol. The van der Waals surface area contributed by atoms with Crippen LogP contribution in [-0.2, 0) is 0 Å². The van der Waals surface area contributed by atoms with Gasteiger partial charge < -0.3 is 11.5 Å². The molecule has 0 aliphatic carbocycles. The van der Waals surface area contributed by atoms with Gasteiger partial charge in [0.15, 0.2) is 0 Å². The molecule has 4 N–H and O–H groups in total. The maximum Gasteiger partial charge on any atom is 0.250 e. The van der Waals surface area contributed by atoms with Crippen molar-refractivity contribution in [3.8, 4) is 0 Å². The Morgan fingerprint density at radius 2 is 2.07 bits per heavy atom. The number of pyridine rings is 2. The molecule has 2 aromatic heterocycles. The van der Waals surface area contributed by atoms with Gasteiger partial charge in [0.25, 0.3) is 0 Å². The highest BCUT2D eigenvalue weighted by atomic mass is 79.9. The number of nitrogens with zero attached hydrogens (tertiary/aromatic N) is 2. The Hall–Kier alpha value is -1.69. The van der Waals surface area contributed by atoms with E-state index in [0.717, 1.165) is 9.86 Å². The molecule has 0 fully saturated rings. The summed E-state index contributed by atoms with van der Waals surface area (Å²) in [6.45, 7) is 0. The standard InChI is InChI=1S/C9H7BrN4O/c10-6-3-14-8(11)7-5(6)1-4(2-13-7)9(12)15/h1-3H,(H2,11,14)(H2,12,15). The number of hydrogen-bond acceptors (Lipinski definition) is 4. The molecule has 76 valence electrons. The fraction of sp³-hybridized carbons (Fsp3) is 0. The molecule has 0 atom stereocenters. The van der Waals surface area contributed by atoms with Gasteiger partial charge in [0, 0.05) is 22.3 Å². The minimum atomic E-state index is -0.522. The number of aromatic nitrogens is 2. The molecule has 0 radical (unpaired) electrons. The lowest BCUT2D eigenvalue weighted by atomic mass is 10.2. The van der Waals surface area contributed by atoms with E-state index in [2.05, 4.69) is 25.9 Å². The van der Waals surface area contributed by atoms with Crippen molar-refractivity contribution in [2.45, 2.75) is 0 Å². The van der Waals surface area contributed by atoms with E-state index in [1.807, 2.05) is 0 Å². The second-order valence-corrected chi connectivity index (χ2v) is 3.83. The molecule has 0 saturated carbocycles. The van der Waals surface area contributed by atoms with E-state index < -0.39 is 5.91 Å². The first kappa shape index (κ1) is 9.85. The third-order valence-corrected chi connectivity index (χ3v) is 2.62. The average molecular weight is 267 g/mol. The molecule has 0 bridgehead atoms. The van der Waals surface area contributed by atoms with Crippen molar-refractivity contribution in [3.63, 3.8) is 0 Å². The van der Waals surface area contributed by atoms with Gasteiger partial charge in [-0.2, -0.15) is 0 Å². The first-order valence-electron chi connectivity index (χ1n) is 4.09. The zero-order valence-electron chi connectivity index (χ0n) is 7.57. The van der Waals surface area contributed by atoms with Crippen molar-refractivity contribution in [2.24, 2.45) is 5.73 Å². The predicted octanol–water partition coefficient (Wildman–Crippen LogP) is 1.07. The molecule has 0 saturated heterocycles. The highest BCUT2D eigenvalue weighted by molar-refractivity contribution is 9.10. The van der Waals surface area contributed by atoms with Crippen molar-refractivity contribution in [2.75, 3.05) is 5.73 Å². The first-order chi connectivity index (χ1) is 7.09. The molecular formula is C9H7BrN4O. The molecule has 2 heterocycles. The van der Waals surface area contributed by atoms with Crippen LogP contribution < -0.4 is 11.5 Å². The summed E-state index contributed by atoms with van der Waals surface area (Å²) in [7, 11) is 0. The normalized spacial score (nSPS) is 10.5. The second-order valence-electron chi connectivity index (χ2n) is 2.98. The van der Waals surface area contributed by atoms with E-state index >= 15 is 0 Å². The summed E-state index contributed by atoms with van der Waals surface area (Å²) in [6, 6.07) is 1.63. The molecule has 0 unspecified atom stereocenters. The second kappa shape index (κ2) is 3.47. The van der Waals surface area contributed by atoms with Gasteiger partial charge in [0.1, 0.15) is 11.3 Å². The molecule has 0 spiro atoms. The summed E-state index contributed by atoms with van der Waals surface area (Å²) in [5.74, 6) is -0.198. The summed E-state index contributed by atoms with van der Waals surface area (Å²) in [5, 5.41) is 0.721. The van der Waals surface area contributed by atoms with E-state index in [1.165, 1.54) is 6.20 Å². The SMILES string of the molecule is NC(=O)c1cnc2c(N)ncc(Br)c2c1. The fourth-order valence-electron chi connectivity index (χ4n) is 1.24. The number of primary amides is 1. The minimum Gasteiger partial charge on any atom is -0.382 e. The van der Waals surface area contributed by atoms with E-state index in [4.69, 9.17) is 11.5 Å². The lowest BCUT2D eigenvalue weighted by Gasteiger charge is -2.03. The Bertz CT molecular complexity index is 555. The molecule has 5 nitrogen and oxygen atoms in total. The number of hydrogen-bond donors (Lipinski definition) is 2. The molecule has 0 aliphatic rings. The van der Waals surface area contributed by atoms with E-state index in [-0.39, 0.29) is 0 Å². The fourth-order valence-corrected chi connectivity index (χ4v) is 1.65. The summed E-state index contributed by atoms with van der Waals surface area (Å²) < 4.78 is 0.724. The van der Waals surface area contributed by atoms with Gasteiger partial charge in [0.05, 0.1) is 5.56 Å². The summed E-state index contributed by atoms with van der Waals surface area (Å²) >= 11 is 3.30. The maximum absolute atomic E-state index is 11.0. The number of nitrogens with two attached hydrogens (primary N) is 2. The van der Waals surface area contributed by atoms with E-state index in [0.29, 0.717) is 16.9 Å². The topological polar surface area (TPSA) is 94.9 Å². The number of carbonyl (C=O) groups excluding carboxylic acids is 1. The number of anilines is 1. The molecule has 0 aromatic carbocycles. The van der Waals surface area contributed by atoms with Gasteiger partial charge >= 0.3 is 0 Å². The molecule has 1 amide bonds. The van der Waals surface area contributed by atoms with E-state index in [1.54, 1.807) is 12.3 Å². The molecule has 6 heteroatoms. The minimum absolute atomic E-state index is 0.323. The van der Waals surface area contributed by atoms with Crippen LogP contribution in [0.2, 0.25) is 0 Å². The van der Waals surface area contributed by atoms with Gasteiger partial charge in [-0.25, -0.2) is 4.98 Å². The summed E-state index contributed by atoms with van der Waals surface area (Å²) in [4.78, 5) is 18.9. The van der Waals surface area contributed by atoms with Crippen LogP contribution in [0.25, 0.3) is 10.9 Å². The van der Waals surface area contributed by atoms with E-state index in [9.17, 15) is 4.79 Å². The van der Waals surface area contributed by atoms with Crippen LogP contribution >= 0.6 is 15.9 Å². The van der Waals surface area contributed by atoms with Crippen LogP contribution in [0.3, 0.4) is 0 Å². The van der Waals surface area contributed by atoms with Crippen LogP contribution in [-0.4, -0.2) is 15.9 Å². The number of fused-ring (bicyclic) bond motifs is 1. The Morgan fingerprint density at radius 3 is 2.73 bits per heavy atom. The highest BCUT2D eigenvalue weighted by Gasteiger charge is 2.08. The highest BCUT2D eigenvalue weighted by Crippen LogP contribution is 2.25. The number of amides is 1. The molecule has 0 aliphatic heterocycles. The molecular weight excluding hydrogens is 260 g/mol. The largest absolute Gasteiger partial charge is 0.382 e. The van der Waals surface area contributed by atoms with Gasteiger partial charge in [-0.1, -0.05) is 0 Å². The quantitative estimate of drug-likeness (QED) is 0.807. The monoisotopic (exact) mass is 266 g/mol. The summed E-state index contributed by atoms with van der Waals surface area (Å²) in [5.41, 5.74) is 11.7. The van der Waals surface area contributed by atoms with Crippen molar-refractivity contribution in [1.82, 2.24) is 9.97 Å². The van der Waals surface area contributed by atoms with Crippen molar-refractivity contribution in [3.05, 3.63) is 28.5 Å². The van der Waals surface area contributed by atoms with Gasteiger partial charge in [0.2, 0.25) is 5.91 Å². The van der Waals surface area contributed by atoms with Crippen molar-refractivity contribution >= 4 is 38.6 Å². The van der Waals surface area contributed by atoms with Crippen LogP contribution in [0.1, 0.15) is 10.4 Å².